The van der Waals surface area contributed by atoms with Gasteiger partial charge in [0.15, 0.2) is 0 Å². The number of sulfonamides is 1. The van der Waals surface area contributed by atoms with Crippen molar-refractivity contribution in [3.63, 3.8) is 0 Å². The quantitative estimate of drug-likeness (QED) is 0.486. The zero-order chi connectivity index (χ0) is 10.1. The summed E-state index contributed by atoms with van der Waals surface area (Å²) in [5, 5.41) is 2.83. The molecule has 1 rings (SSSR count). The third-order valence-corrected chi connectivity index (χ3v) is 2.62. The van der Waals surface area contributed by atoms with Gasteiger partial charge in [-0.3, -0.25) is 4.79 Å². The fourth-order valence-electron chi connectivity index (χ4n) is 1.34. The smallest absolute Gasteiger partial charge is 0.234 e. The molecule has 0 aromatic heterocycles. The van der Waals surface area contributed by atoms with Crippen molar-refractivity contribution in [3.05, 3.63) is 0 Å². The van der Waals surface area contributed by atoms with E-state index in [1.807, 2.05) is 0 Å². The number of nitrogens with one attached hydrogen (secondary N) is 2. The number of hydrogen-bond acceptors (Lipinski definition) is 4. The first-order chi connectivity index (χ1) is 5.88. The highest BCUT2D eigenvalue weighted by atomic mass is 32.2. The van der Waals surface area contributed by atoms with E-state index in [-0.39, 0.29) is 6.04 Å². The van der Waals surface area contributed by atoms with Gasteiger partial charge < -0.3 is 11.1 Å². The average molecular weight is 207 g/mol. The fourth-order valence-corrected chi connectivity index (χ4v) is 2.13. The molecule has 0 aromatic carbocycles. The van der Waals surface area contributed by atoms with Crippen molar-refractivity contribution in [1.29, 1.82) is 0 Å². The zero-order valence-electron chi connectivity index (χ0n) is 7.28. The molecule has 76 valence electrons. The summed E-state index contributed by atoms with van der Waals surface area (Å²) in [6.45, 7) is 0.445. The maximum absolute atomic E-state index is 10.8. The van der Waals surface area contributed by atoms with Gasteiger partial charge in [0.2, 0.25) is 15.9 Å². The Morgan fingerprint density at radius 3 is 2.62 bits per heavy atom. The van der Waals surface area contributed by atoms with E-state index in [2.05, 4.69) is 10.0 Å². The highest BCUT2D eigenvalue weighted by Crippen LogP contribution is 2.06. The molecule has 0 saturated carbocycles. The molecule has 1 aliphatic rings. The van der Waals surface area contributed by atoms with E-state index in [0.717, 1.165) is 6.26 Å². The lowest BCUT2D eigenvalue weighted by molar-refractivity contribution is -0.119. The molecular formula is C6H13N3O3S. The summed E-state index contributed by atoms with van der Waals surface area (Å²) in [5.74, 6) is -0.446. The van der Waals surface area contributed by atoms with Crippen LogP contribution in [0.15, 0.2) is 0 Å². The number of amides is 1. The average Bonchev–Trinajstić information content (AvgIpc) is 2.31. The van der Waals surface area contributed by atoms with Crippen LogP contribution in [0.2, 0.25) is 0 Å². The standard InChI is InChI=1S/C6H13N3O3S/c1-13(11,12)9-4-2-5(6(7)10)8-3-4/h4-5,8-9H,2-3H2,1H3,(H2,7,10)/t4-,5+/m1/s1. The van der Waals surface area contributed by atoms with Crippen molar-refractivity contribution in [2.24, 2.45) is 5.73 Å². The fraction of sp³-hybridized carbons (Fsp3) is 0.833. The lowest BCUT2D eigenvalue weighted by Crippen LogP contribution is -2.36. The molecule has 13 heavy (non-hydrogen) atoms. The predicted molar refractivity (Wildman–Crippen MR) is 47.4 cm³/mol. The second-order valence-corrected chi connectivity index (χ2v) is 4.97. The van der Waals surface area contributed by atoms with Crippen LogP contribution < -0.4 is 15.8 Å². The number of rotatable bonds is 3. The normalized spacial score (nSPS) is 29.0. The van der Waals surface area contributed by atoms with Gasteiger partial charge in [0, 0.05) is 12.6 Å². The summed E-state index contributed by atoms with van der Waals surface area (Å²) < 4.78 is 24.0. The van der Waals surface area contributed by atoms with E-state index in [4.69, 9.17) is 5.73 Å². The summed E-state index contributed by atoms with van der Waals surface area (Å²) in [5.41, 5.74) is 5.05. The Morgan fingerprint density at radius 2 is 2.23 bits per heavy atom. The van der Waals surface area contributed by atoms with Gasteiger partial charge in [0.25, 0.3) is 0 Å². The maximum atomic E-state index is 10.8. The first kappa shape index (κ1) is 10.4. The zero-order valence-corrected chi connectivity index (χ0v) is 8.10. The van der Waals surface area contributed by atoms with Crippen LogP contribution >= 0.6 is 0 Å². The highest BCUT2D eigenvalue weighted by molar-refractivity contribution is 7.88. The Balaban J connectivity index is 2.47. The first-order valence-corrected chi connectivity index (χ1v) is 5.77. The topological polar surface area (TPSA) is 101 Å². The summed E-state index contributed by atoms with van der Waals surface area (Å²) in [4.78, 5) is 10.7. The number of primary amides is 1. The first-order valence-electron chi connectivity index (χ1n) is 3.88. The lowest BCUT2D eigenvalue weighted by atomic mass is 10.2. The van der Waals surface area contributed by atoms with Crippen LogP contribution in [0.25, 0.3) is 0 Å². The van der Waals surface area contributed by atoms with E-state index in [0.29, 0.717) is 13.0 Å². The van der Waals surface area contributed by atoms with Gasteiger partial charge in [-0.25, -0.2) is 13.1 Å². The van der Waals surface area contributed by atoms with E-state index in [9.17, 15) is 13.2 Å². The van der Waals surface area contributed by atoms with Gasteiger partial charge in [-0.15, -0.1) is 0 Å². The van der Waals surface area contributed by atoms with E-state index in [1.165, 1.54) is 0 Å². The molecule has 4 N–H and O–H groups in total. The number of carbonyl (C=O) groups excluding carboxylic acids is 1. The Kier molecular flexibility index (Phi) is 2.89. The molecule has 2 atom stereocenters. The number of hydrogen-bond donors (Lipinski definition) is 3. The summed E-state index contributed by atoms with van der Waals surface area (Å²) in [6.07, 6.45) is 1.51. The van der Waals surface area contributed by atoms with Crippen molar-refractivity contribution in [3.8, 4) is 0 Å². The van der Waals surface area contributed by atoms with Gasteiger partial charge in [-0.1, -0.05) is 0 Å². The largest absolute Gasteiger partial charge is 0.368 e. The Bertz CT molecular complexity index is 300. The molecule has 0 bridgehead atoms. The molecule has 0 spiro atoms. The Labute approximate surface area is 76.9 Å². The van der Waals surface area contributed by atoms with E-state index in [1.54, 1.807) is 0 Å². The minimum absolute atomic E-state index is 0.229. The van der Waals surface area contributed by atoms with Gasteiger partial charge in [-0.05, 0) is 6.42 Å². The minimum Gasteiger partial charge on any atom is -0.368 e. The Morgan fingerprint density at radius 1 is 1.62 bits per heavy atom. The van der Waals surface area contributed by atoms with Crippen molar-refractivity contribution in [1.82, 2.24) is 10.0 Å². The van der Waals surface area contributed by atoms with Crippen LogP contribution in [-0.4, -0.2) is 39.2 Å². The second kappa shape index (κ2) is 3.60. The summed E-state index contributed by atoms with van der Waals surface area (Å²) in [6, 6.07) is -0.647. The third kappa shape index (κ3) is 3.29. The van der Waals surface area contributed by atoms with Crippen molar-refractivity contribution >= 4 is 15.9 Å². The molecule has 1 aliphatic heterocycles. The molecule has 0 radical (unpaired) electrons. The van der Waals surface area contributed by atoms with Gasteiger partial charge in [0.1, 0.15) is 0 Å². The van der Waals surface area contributed by atoms with Crippen LogP contribution in [-0.2, 0) is 14.8 Å². The highest BCUT2D eigenvalue weighted by Gasteiger charge is 2.29. The van der Waals surface area contributed by atoms with Crippen LogP contribution in [0.3, 0.4) is 0 Å². The minimum atomic E-state index is -3.20. The number of nitrogens with two attached hydrogens (primary N) is 1. The van der Waals surface area contributed by atoms with Crippen molar-refractivity contribution in [2.75, 3.05) is 12.8 Å². The third-order valence-electron chi connectivity index (χ3n) is 1.86. The van der Waals surface area contributed by atoms with Gasteiger partial charge in [0.05, 0.1) is 12.3 Å². The molecule has 0 aromatic rings. The molecule has 1 fully saturated rings. The Hall–Kier alpha value is -0.660. The molecule has 6 nitrogen and oxygen atoms in total. The molecule has 0 unspecified atom stereocenters. The summed E-state index contributed by atoms with van der Waals surface area (Å²) >= 11 is 0. The molecule has 7 heteroatoms. The van der Waals surface area contributed by atoms with Crippen molar-refractivity contribution < 1.29 is 13.2 Å². The molecule has 1 saturated heterocycles. The van der Waals surface area contributed by atoms with Crippen LogP contribution in [0.1, 0.15) is 6.42 Å². The van der Waals surface area contributed by atoms with Crippen LogP contribution in [0.5, 0.6) is 0 Å². The molecule has 0 aliphatic carbocycles. The predicted octanol–water partition coefficient (Wildman–Crippen LogP) is -2.25. The number of carbonyl (C=O) groups is 1. The lowest BCUT2D eigenvalue weighted by Gasteiger charge is -2.08. The van der Waals surface area contributed by atoms with Crippen LogP contribution in [0.4, 0.5) is 0 Å². The van der Waals surface area contributed by atoms with Crippen LogP contribution in [0, 0.1) is 0 Å². The monoisotopic (exact) mass is 207 g/mol. The SMILES string of the molecule is CS(=O)(=O)N[C@H]1CN[C@H](C(N)=O)C1. The van der Waals surface area contributed by atoms with Crippen molar-refractivity contribution in [2.45, 2.75) is 18.5 Å². The van der Waals surface area contributed by atoms with E-state index < -0.39 is 22.0 Å². The molecule has 1 amide bonds. The van der Waals surface area contributed by atoms with E-state index >= 15 is 0 Å². The molecule has 1 heterocycles. The maximum Gasteiger partial charge on any atom is 0.234 e. The molecular weight excluding hydrogens is 194 g/mol. The van der Waals surface area contributed by atoms with Gasteiger partial charge >= 0.3 is 0 Å². The second-order valence-electron chi connectivity index (χ2n) is 3.19. The van der Waals surface area contributed by atoms with Gasteiger partial charge in [-0.2, -0.15) is 0 Å². The summed E-state index contributed by atoms with van der Waals surface area (Å²) in [7, 11) is -3.20.